The standard InChI is InChI=1S/C13H22N2O3/c1-5-7-10(6-2)14-12(18)15-13(3,4)9-8-11(16)17/h2,10H,5,7-9H2,1,3-4H3,(H,16,17)(H2,14,15,18). The molecule has 0 aliphatic rings. The molecule has 0 saturated heterocycles. The molecule has 0 bridgehead atoms. The van der Waals surface area contributed by atoms with E-state index in [0.717, 1.165) is 12.8 Å². The van der Waals surface area contributed by atoms with E-state index in [4.69, 9.17) is 11.5 Å². The zero-order valence-electron chi connectivity index (χ0n) is 11.2. The normalized spacial score (nSPS) is 12.3. The summed E-state index contributed by atoms with van der Waals surface area (Å²) in [7, 11) is 0. The molecule has 0 aliphatic carbocycles. The summed E-state index contributed by atoms with van der Waals surface area (Å²) in [5.74, 6) is 1.63. The fourth-order valence-corrected chi connectivity index (χ4v) is 1.47. The molecule has 18 heavy (non-hydrogen) atoms. The van der Waals surface area contributed by atoms with Gasteiger partial charge in [0.05, 0.1) is 6.04 Å². The zero-order valence-corrected chi connectivity index (χ0v) is 11.2. The van der Waals surface area contributed by atoms with Crippen LogP contribution in [0.25, 0.3) is 0 Å². The van der Waals surface area contributed by atoms with Gasteiger partial charge in [-0.05, 0) is 26.7 Å². The number of urea groups is 1. The van der Waals surface area contributed by atoms with Crippen LogP contribution in [0.3, 0.4) is 0 Å². The van der Waals surface area contributed by atoms with Gasteiger partial charge in [0.15, 0.2) is 0 Å². The predicted molar refractivity (Wildman–Crippen MR) is 70.1 cm³/mol. The van der Waals surface area contributed by atoms with E-state index in [1.54, 1.807) is 13.8 Å². The number of aliphatic carboxylic acids is 1. The molecule has 0 aromatic rings. The number of hydrogen-bond acceptors (Lipinski definition) is 2. The second kappa shape index (κ2) is 7.59. The molecule has 0 aromatic carbocycles. The van der Waals surface area contributed by atoms with Crippen molar-refractivity contribution in [2.45, 2.75) is 58.0 Å². The highest BCUT2D eigenvalue weighted by Gasteiger charge is 2.22. The first kappa shape index (κ1) is 16.3. The molecule has 1 unspecified atom stereocenters. The van der Waals surface area contributed by atoms with E-state index in [1.165, 1.54) is 0 Å². The number of hydrogen-bond donors (Lipinski definition) is 3. The summed E-state index contributed by atoms with van der Waals surface area (Å²) in [4.78, 5) is 22.2. The fraction of sp³-hybridized carbons (Fsp3) is 0.692. The minimum atomic E-state index is -0.877. The smallest absolute Gasteiger partial charge is 0.316 e. The van der Waals surface area contributed by atoms with Crippen LogP contribution < -0.4 is 10.6 Å². The molecule has 0 radical (unpaired) electrons. The number of amides is 2. The summed E-state index contributed by atoms with van der Waals surface area (Å²) in [5.41, 5.74) is -0.576. The third-order valence-electron chi connectivity index (χ3n) is 2.50. The number of rotatable bonds is 7. The minimum absolute atomic E-state index is 0.0147. The Balaban J connectivity index is 4.20. The van der Waals surface area contributed by atoms with Gasteiger partial charge < -0.3 is 15.7 Å². The molecule has 3 N–H and O–H groups in total. The van der Waals surface area contributed by atoms with Crippen LogP contribution in [0.1, 0.15) is 46.5 Å². The van der Waals surface area contributed by atoms with Crippen molar-refractivity contribution >= 4 is 12.0 Å². The average molecular weight is 254 g/mol. The Labute approximate surface area is 108 Å². The van der Waals surface area contributed by atoms with Crippen LogP contribution >= 0.6 is 0 Å². The van der Waals surface area contributed by atoms with Crippen molar-refractivity contribution in [3.05, 3.63) is 0 Å². The number of terminal acetylenes is 1. The number of nitrogens with one attached hydrogen (secondary N) is 2. The third kappa shape index (κ3) is 7.55. The first-order chi connectivity index (χ1) is 8.30. The van der Waals surface area contributed by atoms with Crippen LogP contribution in [0.2, 0.25) is 0 Å². The Bertz CT molecular complexity index is 332. The Morgan fingerprint density at radius 1 is 1.44 bits per heavy atom. The molecular weight excluding hydrogens is 232 g/mol. The number of carbonyl (C=O) groups is 2. The Hall–Kier alpha value is -1.70. The van der Waals surface area contributed by atoms with Crippen LogP contribution in [-0.4, -0.2) is 28.7 Å². The maximum absolute atomic E-state index is 11.7. The summed E-state index contributed by atoms with van der Waals surface area (Å²) in [6, 6.07) is -0.646. The first-order valence-corrected chi connectivity index (χ1v) is 6.07. The van der Waals surface area contributed by atoms with Gasteiger partial charge in [0.25, 0.3) is 0 Å². The van der Waals surface area contributed by atoms with Crippen molar-refractivity contribution in [2.75, 3.05) is 0 Å². The van der Waals surface area contributed by atoms with Crippen molar-refractivity contribution in [1.29, 1.82) is 0 Å². The molecule has 102 valence electrons. The van der Waals surface area contributed by atoms with E-state index in [0.29, 0.717) is 6.42 Å². The number of carbonyl (C=O) groups excluding carboxylic acids is 1. The van der Waals surface area contributed by atoms with Crippen molar-refractivity contribution in [2.24, 2.45) is 0 Å². The van der Waals surface area contributed by atoms with E-state index in [1.807, 2.05) is 6.92 Å². The van der Waals surface area contributed by atoms with Crippen LogP contribution in [0.5, 0.6) is 0 Å². The maximum atomic E-state index is 11.7. The minimum Gasteiger partial charge on any atom is -0.481 e. The van der Waals surface area contributed by atoms with Crippen LogP contribution in [0.4, 0.5) is 4.79 Å². The number of carboxylic acids is 1. The zero-order chi connectivity index (χ0) is 14.2. The van der Waals surface area contributed by atoms with Gasteiger partial charge in [-0.15, -0.1) is 6.42 Å². The second-order valence-electron chi connectivity index (χ2n) is 4.88. The lowest BCUT2D eigenvalue weighted by Crippen LogP contribution is -2.50. The Kier molecular flexibility index (Phi) is 6.88. The van der Waals surface area contributed by atoms with Crippen LogP contribution in [0, 0.1) is 12.3 Å². The quantitative estimate of drug-likeness (QED) is 0.605. The Morgan fingerprint density at radius 3 is 2.50 bits per heavy atom. The lowest BCUT2D eigenvalue weighted by Gasteiger charge is -2.26. The van der Waals surface area contributed by atoms with E-state index in [9.17, 15) is 9.59 Å². The van der Waals surface area contributed by atoms with E-state index in [-0.39, 0.29) is 18.5 Å². The van der Waals surface area contributed by atoms with Gasteiger partial charge in [0.2, 0.25) is 0 Å². The van der Waals surface area contributed by atoms with Gasteiger partial charge in [-0.25, -0.2) is 4.79 Å². The third-order valence-corrected chi connectivity index (χ3v) is 2.50. The van der Waals surface area contributed by atoms with Crippen molar-refractivity contribution in [1.82, 2.24) is 10.6 Å². The lowest BCUT2D eigenvalue weighted by atomic mass is 9.99. The summed E-state index contributed by atoms with van der Waals surface area (Å²) in [6.45, 7) is 5.54. The molecule has 1 atom stereocenters. The molecule has 0 heterocycles. The molecule has 2 amide bonds. The Morgan fingerprint density at radius 2 is 2.06 bits per heavy atom. The highest BCUT2D eigenvalue weighted by molar-refractivity contribution is 5.75. The molecule has 0 aliphatic heterocycles. The largest absolute Gasteiger partial charge is 0.481 e. The summed E-state index contributed by atoms with van der Waals surface area (Å²) in [5, 5.41) is 14.0. The SMILES string of the molecule is C#CC(CCC)NC(=O)NC(C)(C)CCC(=O)O. The van der Waals surface area contributed by atoms with Gasteiger partial charge >= 0.3 is 12.0 Å². The summed E-state index contributed by atoms with van der Waals surface area (Å²) >= 11 is 0. The van der Waals surface area contributed by atoms with E-state index in [2.05, 4.69) is 16.6 Å². The van der Waals surface area contributed by atoms with E-state index < -0.39 is 11.5 Å². The maximum Gasteiger partial charge on any atom is 0.316 e. The van der Waals surface area contributed by atoms with Gasteiger partial charge in [0, 0.05) is 12.0 Å². The second-order valence-corrected chi connectivity index (χ2v) is 4.88. The molecule has 0 saturated carbocycles. The topological polar surface area (TPSA) is 78.4 Å². The molecule has 0 spiro atoms. The molecule has 5 nitrogen and oxygen atoms in total. The lowest BCUT2D eigenvalue weighted by molar-refractivity contribution is -0.137. The molecular formula is C13H22N2O3. The first-order valence-electron chi connectivity index (χ1n) is 6.07. The van der Waals surface area contributed by atoms with Gasteiger partial charge in [0.1, 0.15) is 0 Å². The van der Waals surface area contributed by atoms with Gasteiger partial charge in [-0.2, -0.15) is 0 Å². The van der Waals surface area contributed by atoms with Crippen LogP contribution in [-0.2, 0) is 4.79 Å². The van der Waals surface area contributed by atoms with Crippen LogP contribution in [0.15, 0.2) is 0 Å². The fourth-order valence-electron chi connectivity index (χ4n) is 1.47. The van der Waals surface area contributed by atoms with E-state index >= 15 is 0 Å². The molecule has 0 rings (SSSR count). The highest BCUT2D eigenvalue weighted by atomic mass is 16.4. The highest BCUT2D eigenvalue weighted by Crippen LogP contribution is 2.11. The van der Waals surface area contributed by atoms with Crippen molar-refractivity contribution < 1.29 is 14.7 Å². The van der Waals surface area contributed by atoms with Gasteiger partial charge in [-0.1, -0.05) is 19.3 Å². The molecule has 0 aromatic heterocycles. The summed E-state index contributed by atoms with van der Waals surface area (Å²) < 4.78 is 0. The summed E-state index contributed by atoms with van der Waals surface area (Å²) in [6.07, 6.45) is 7.29. The van der Waals surface area contributed by atoms with Crippen molar-refractivity contribution in [3.8, 4) is 12.3 Å². The predicted octanol–water partition coefficient (Wildman–Crippen LogP) is 1.73. The number of carboxylic acid groups (broad SMARTS) is 1. The van der Waals surface area contributed by atoms with Crippen molar-refractivity contribution in [3.63, 3.8) is 0 Å². The monoisotopic (exact) mass is 254 g/mol. The van der Waals surface area contributed by atoms with Gasteiger partial charge in [-0.3, -0.25) is 4.79 Å². The molecule has 5 heteroatoms. The average Bonchev–Trinajstić information content (AvgIpc) is 2.25. The molecule has 0 fully saturated rings.